The van der Waals surface area contributed by atoms with Crippen LogP contribution in [-0.4, -0.2) is 40.4 Å². The van der Waals surface area contributed by atoms with Crippen LogP contribution in [0.4, 0.5) is 0 Å². The maximum Gasteiger partial charge on any atom is 0.419 e. The van der Waals surface area contributed by atoms with Gasteiger partial charge in [-0.2, -0.15) is 0 Å². The van der Waals surface area contributed by atoms with E-state index in [0.29, 0.717) is 36.3 Å². The molecule has 0 spiro atoms. The largest absolute Gasteiger partial charge is 0.419 e. The first kappa shape index (κ1) is 19.0. The molecule has 0 bridgehead atoms. The van der Waals surface area contributed by atoms with Crippen LogP contribution < -0.4 is 11.1 Å². The van der Waals surface area contributed by atoms with Gasteiger partial charge in [0.2, 0.25) is 5.91 Å². The summed E-state index contributed by atoms with van der Waals surface area (Å²) in [5.41, 5.74) is 1.87. The minimum Gasteiger partial charge on any atom is -0.408 e. The fourth-order valence-electron chi connectivity index (χ4n) is 3.72. The topological polar surface area (TPSA) is 84.5 Å². The number of carbonyl (C=O) groups excluding carboxylic acids is 2. The van der Waals surface area contributed by atoms with Crippen molar-refractivity contribution >= 4 is 22.9 Å². The lowest BCUT2D eigenvalue weighted by Crippen LogP contribution is -2.46. The molecule has 0 unspecified atom stereocenters. The second-order valence-corrected chi connectivity index (χ2v) is 7.23. The molecule has 2 aromatic carbocycles. The molecule has 7 heteroatoms. The standard InChI is InChI=1S/C22H23N3O4/c26-20(12-15-25-18-8-4-5-9-19(18)29-22(25)28)24-13-10-17(11-14-24)23-21(27)16-6-2-1-3-7-16/h1-9,17H,10-15H2,(H,23,27). The molecule has 0 radical (unpaired) electrons. The Morgan fingerprint density at radius 2 is 1.69 bits per heavy atom. The number of carbonyl (C=O) groups is 2. The number of nitrogens with one attached hydrogen (secondary N) is 1. The van der Waals surface area contributed by atoms with E-state index in [1.165, 1.54) is 4.57 Å². The van der Waals surface area contributed by atoms with Crippen molar-refractivity contribution in [2.45, 2.75) is 31.8 Å². The van der Waals surface area contributed by atoms with E-state index in [1.54, 1.807) is 23.1 Å². The summed E-state index contributed by atoms with van der Waals surface area (Å²) in [7, 11) is 0. The first-order valence-electron chi connectivity index (χ1n) is 9.84. The molecule has 2 amide bonds. The van der Waals surface area contributed by atoms with Crippen molar-refractivity contribution in [2.24, 2.45) is 0 Å². The van der Waals surface area contributed by atoms with Gasteiger partial charge in [0.1, 0.15) is 0 Å². The number of para-hydroxylation sites is 2. The van der Waals surface area contributed by atoms with Gasteiger partial charge in [-0.3, -0.25) is 14.2 Å². The van der Waals surface area contributed by atoms with E-state index >= 15 is 0 Å². The molecule has 1 saturated heterocycles. The van der Waals surface area contributed by atoms with Gasteiger partial charge in [0.15, 0.2) is 5.58 Å². The van der Waals surface area contributed by atoms with Crippen LogP contribution in [-0.2, 0) is 11.3 Å². The maximum atomic E-state index is 12.6. The Kier molecular flexibility index (Phi) is 5.46. The quantitative estimate of drug-likeness (QED) is 0.721. The van der Waals surface area contributed by atoms with Gasteiger partial charge < -0.3 is 14.6 Å². The third kappa shape index (κ3) is 4.23. The van der Waals surface area contributed by atoms with E-state index in [1.807, 2.05) is 36.4 Å². The summed E-state index contributed by atoms with van der Waals surface area (Å²) in [6, 6.07) is 16.4. The van der Waals surface area contributed by atoms with Crippen molar-refractivity contribution in [3.05, 3.63) is 70.7 Å². The van der Waals surface area contributed by atoms with E-state index in [-0.39, 0.29) is 24.3 Å². The number of aromatic nitrogens is 1. The first-order chi connectivity index (χ1) is 14.1. The number of nitrogens with zero attached hydrogens (tertiary/aromatic N) is 2. The summed E-state index contributed by atoms with van der Waals surface area (Å²) in [6.07, 6.45) is 1.68. The lowest BCUT2D eigenvalue weighted by molar-refractivity contribution is -0.132. The number of piperidine rings is 1. The summed E-state index contributed by atoms with van der Waals surface area (Å²) in [6.45, 7) is 1.48. The van der Waals surface area contributed by atoms with Crippen molar-refractivity contribution in [1.29, 1.82) is 0 Å². The second kappa shape index (κ2) is 8.34. The molecule has 4 rings (SSSR count). The highest BCUT2D eigenvalue weighted by Gasteiger charge is 2.24. The summed E-state index contributed by atoms with van der Waals surface area (Å²) < 4.78 is 6.71. The molecule has 1 fully saturated rings. The van der Waals surface area contributed by atoms with Crippen LogP contribution in [0, 0.1) is 0 Å². The van der Waals surface area contributed by atoms with E-state index in [2.05, 4.69) is 5.32 Å². The molecular formula is C22H23N3O4. The predicted molar refractivity (Wildman–Crippen MR) is 109 cm³/mol. The number of rotatable bonds is 5. The molecule has 1 aliphatic rings. The average Bonchev–Trinajstić information content (AvgIpc) is 3.08. The monoisotopic (exact) mass is 393 g/mol. The van der Waals surface area contributed by atoms with Gasteiger partial charge in [-0.1, -0.05) is 30.3 Å². The summed E-state index contributed by atoms with van der Waals surface area (Å²) in [5.74, 6) is -0.516. The van der Waals surface area contributed by atoms with Gasteiger partial charge in [-0.25, -0.2) is 4.79 Å². The normalized spacial score (nSPS) is 14.8. The molecule has 3 aromatic rings. The number of aryl methyl sites for hydroxylation is 1. The zero-order chi connectivity index (χ0) is 20.2. The van der Waals surface area contributed by atoms with Crippen molar-refractivity contribution in [3.63, 3.8) is 0 Å². The number of oxazole rings is 1. The minimum atomic E-state index is -0.443. The lowest BCUT2D eigenvalue weighted by atomic mass is 10.0. The number of benzene rings is 2. The van der Waals surface area contributed by atoms with Gasteiger partial charge in [0.05, 0.1) is 5.52 Å². The summed E-state index contributed by atoms with van der Waals surface area (Å²) >= 11 is 0. The summed E-state index contributed by atoms with van der Waals surface area (Å²) in [4.78, 5) is 38.7. The number of hydrogen-bond donors (Lipinski definition) is 1. The van der Waals surface area contributed by atoms with Crippen molar-refractivity contribution in [3.8, 4) is 0 Å². The third-order valence-electron chi connectivity index (χ3n) is 5.34. The van der Waals surface area contributed by atoms with Gasteiger partial charge in [0, 0.05) is 37.7 Å². The number of hydrogen-bond acceptors (Lipinski definition) is 4. The molecule has 2 heterocycles. The van der Waals surface area contributed by atoms with Crippen LogP contribution in [0.2, 0.25) is 0 Å². The van der Waals surface area contributed by atoms with Crippen LogP contribution >= 0.6 is 0 Å². The molecule has 1 aromatic heterocycles. The Bertz CT molecular complexity index is 1060. The SMILES string of the molecule is O=C(NC1CCN(C(=O)CCn2c(=O)oc3ccccc32)CC1)c1ccccc1. The van der Waals surface area contributed by atoms with Gasteiger partial charge >= 0.3 is 5.76 Å². The third-order valence-corrected chi connectivity index (χ3v) is 5.34. The van der Waals surface area contributed by atoms with Gasteiger partial charge in [-0.05, 0) is 37.1 Å². The molecule has 29 heavy (non-hydrogen) atoms. The van der Waals surface area contributed by atoms with Crippen LogP contribution in [0.25, 0.3) is 11.1 Å². The van der Waals surface area contributed by atoms with Gasteiger partial charge in [-0.15, -0.1) is 0 Å². The van der Waals surface area contributed by atoms with E-state index < -0.39 is 5.76 Å². The highest BCUT2D eigenvalue weighted by Crippen LogP contribution is 2.15. The molecule has 0 saturated carbocycles. The smallest absolute Gasteiger partial charge is 0.408 e. The molecule has 150 valence electrons. The molecule has 0 atom stereocenters. The van der Waals surface area contributed by atoms with E-state index in [4.69, 9.17) is 4.42 Å². The Labute approximate surface area is 167 Å². The number of amides is 2. The Balaban J connectivity index is 1.28. The fourth-order valence-corrected chi connectivity index (χ4v) is 3.72. The zero-order valence-electron chi connectivity index (χ0n) is 16.0. The Hall–Kier alpha value is -3.35. The number of fused-ring (bicyclic) bond motifs is 1. The van der Waals surface area contributed by atoms with Crippen molar-refractivity contribution in [1.82, 2.24) is 14.8 Å². The Morgan fingerprint density at radius 1 is 1.00 bits per heavy atom. The van der Waals surface area contributed by atoms with E-state index in [9.17, 15) is 14.4 Å². The molecule has 7 nitrogen and oxygen atoms in total. The van der Waals surface area contributed by atoms with E-state index in [0.717, 1.165) is 12.8 Å². The Morgan fingerprint density at radius 3 is 2.45 bits per heavy atom. The predicted octanol–water partition coefficient (Wildman–Crippen LogP) is 2.41. The first-order valence-corrected chi connectivity index (χ1v) is 9.84. The maximum absolute atomic E-state index is 12.6. The van der Waals surface area contributed by atoms with Crippen LogP contribution in [0.3, 0.4) is 0 Å². The summed E-state index contributed by atoms with van der Waals surface area (Å²) in [5, 5.41) is 3.04. The number of likely N-dealkylation sites (tertiary alicyclic amines) is 1. The second-order valence-electron chi connectivity index (χ2n) is 7.23. The van der Waals surface area contributed by atoms with Crippen LogP contribution in [0.5, 0.6) is 0 Å². The van der Waals surface area contributed by atoms with Crippen molar-refractivity contribution < 1.29 is 14.0 Å². The molecule has 1 N–H and O–H groups in total. The molecular weight excluding hydrogens is 370 g/mol. The van der Waals surface area contributed by atoms with Crippen LogP contribution in [0.1, 0.15) is 29.6 Å². The minimum absolute atomic E-state index is 0.00928. The lowest BCUT2D eigenvalue weighted by Gasteiger charge is -2.32. The van der Waals surface area contributed by atoms with Crippen LogP contribution in [0.15, 0.2) is 63.8 Å². The fraction of sp³-hybridized carbons (Fsp3) is 0.318. The highest BCUT2D eigenvalue weighted by atomic mass is 16.4. The highest BCUT2D eigenvalue weighted by molar-refractivity contribution is 5.94. The van der Waals surface area contributed by atoms with Gasteiger partial charge in [0.25, 0.3) is 5.91 Å². The van der Waals surface area contributed by atoms with Crippen molar-refractivity contribution in [2.75, 3.05) is 13.1 Å². The average molecular weight is 393 g/mol. The molecule has 0 aliphatic carbocycles. The molecule has 1 aliphatic heterocycles. The zero-order valence-corrected chi connectivity index (χ0v) is 16.0.